The zero-order valence-corrected chi connectivity index (χ0v) is 8.61. The molecule has 0 bridgehead atoms. The summed E-state index contributed by atoms with van der Waals surface area (Å²) in [6.07, 6.45) is 3.44. The molecule has 2 fully saturated rings. The van der Waals surface area contributed by atoms with E-state index in [-0.39, 0.29) is 30.5 Å². The maximum atomic E-state index is 11.3. The number of rotatable bonds is 2. The number of carbonyl (C=O) groups is 2. The van der Waals surface area contributed by atoms with Crippen molar-refractivity contribution in [2.24, 2.45) is 5.92 Å². The van der Waals surface area contributed by atoms with Crippen molar-refractivity contribution in [3.63, 3.8) is 0 Å². The minimum atomic E-state index is -0.361. The standard InChI is InChI=1S/C10H16N2O3/c13-8-4-2-1-3-7(8)6-12-9(14)5-11-10(12)15/h7-8,13H,1-6H2,(H,11,15). The number of amides is 3. The molecule has 1 saturated carbocycles. The summed E-state index contributed by atoms with van der Waals surface area (Å²) < 4.78 is 0. The number of hydrogen-bond donors (Lipinski definition) is 2. The van der Waals surface area contributed by atoms with Gasteiger partial charge in [0.05, 0.1) is 12.6 Å². The molecule has 1 saturated heterocycles. The highest BCUT2D eigenvalue weighted by atomic mass is 16.3. The van der Waals surface area contributed by atoms with Crippen LogP contribution in [0.2, 0.25) is 0 Å². The normalized spacial score (nSPS) is 31.9. The minimum absolute atomic E-state index is 0.0616. The minimum Gasteiger partial charge on any atom is -0.393 e. The molecule has 84 valence electrons. The van der Waals surface area contributed by atoms with Crippen molar-refractivity contribution in [2.75, 3.05) is 13.1 Å². The molecule has 5 heteroatoms. The van der Waals surface area contributed by atoms with E-state index in [0.717, 1.165) is 25.7 Å². The van der Waals surface area contributed by atoms with Gasteiger partial charge in [-0.15, -0.1) is 0 Å². The highest BCUT2D eigenvalue weighted by molar-refractivity contribution is 6.01. The fourth-order valence-electron chi connectivity index (χ4n) is 2.28. The van der Waals surface area contributed by atoms with Crippen molar-refractivity contribution < 1.29 is 14.7 Å². The van der Waals surface area contributed by atoms with Crippen LogP contribution in [0, 0.1) is 5.92 Å². The molecular weight excluding hydrogens is 196 g/mol. The van der Waals surface area contributed by atoms with Crippen molar-refractivity contribution in [3.05, 3.63) is 0 Å². The van der Waals surface area contributed by atoms with E-state index < -0.39 is 0 Å². The lowest BCUT2D eigenvalue weighted by atomic mass is 9.86. The molecule has 2 atom stereocenters. The lowest BCUT2D eigenvalue weighted by Crippen LogP contribution is -2.40. The Hall–Kier alpha value is -1.10. The topological polar surface area (TPSA) is 69.6 Å². The largest absolute Gasteiger partial charge is 0.393 e. The van der Waals surface area contributed by atoms with Crippen LogP contribution in [-0.4, -0.2) is 41.1 Å². The third-order valence-electron chi connectivity index (χ3n) is 3.22. The van der Waals surface area contributed by atoms with Crippen LogP contribution in [0.4, 0.5) is 4.79 Å². The van der Waals surface area contributed by atoms with Crippen molar-refractivity contribution in [1.82, 2.24) is 10.2 Å². The van der Waals surface area contributed by atoms with Gasteiger partial charge in [-0.1, -0.05) is 12.8 Å². The molecule has 1 aliphatic heterocycles. The Morgan fingerprint density at radius 3 is 2.67 bits per heavy atom. The zero-order chi connectivity index (χ0) is 10.8. The summed E-state index contributed by atoms with van der Waals surface area (Å²) in [4.78, 5) is 23.8. The van der Waals surface area contributed by atoms with Crippen molar-refractivity contribution in [1.29, 1.82) is 0 Å². The molecule has 1 aliphatic carbocycles. The van der Waals surface area contributed by atoms with E-state index in [2.05, 4.69) is 5.32 Å². The Morgan fingerprint density at radius 1 is 1.33 bits per heavy atom. The molecule has 2 unspecified atom stereocenters. The Bertz CT molecular complexity index is 264. The first-order valence-electron chi connectivity index (χ1n) is 5.45. The first-order valence-corrected chi connectivity index (χ1v) is 5.45. The molecular formula is C10H16N2O3. The SMILES string of the molecule is O=C1CNC(=O)N1CC1CCCCC1O. The maximum Gasteiger partial charge on any atom is 0.324 e. The molecule has 3 amide bonds. The monoisotopic (exact) mass is 212 g/mol. The molecule has 1 heterocycles. The van der Waals surface area contributed by atoms with Gasteiger partial charge < -0.3 is 10.4 Å². The molecule has 0 aromatic carbocycles. The lowest BCUT2D eigenvalue weighted by molar-refractivity contribution is -0.126. The fraction of sp³-hybridized carbons (Fsp3) is 0.800. The van der Waals surface area contributed by atoms with Crippen molar-refractivity contribution in [3.8, 4) is 0 Å². The zero-order valence-electron chi connectivity index (χ0n) is 8.61. The first-order chi connectivity index (χ1) is 7.18. The van der Waals surface area contributed by atoms with Crippen LogP contribution in [-0.2, 0) is 4.79 Å². The van der Waals surface area contributed by atoms with Crippen LogP contribution in [0.1, 0.15) is 25.7 Å². The number of imide groups is 1. The lowest BCUT2D eigenvalue weighted by Gasteiger charge is -2.29. The second-order valence-electron chi connectivity index (χ2n) is 4.27. The second-order valence-corrected chi connectivity index (χ2v) is 4.27. The number of nitrogens with one attached hydrogen (secondary N) is 1. The van der Waals surface area contributed by atoms with Gasteiger partial charge in [-0.05, 0) is 12.8 Å². The molecule has 2 N–H and O–H groups in total. The number of hydrogen-bond acceptors (Lipinski definition) is 3. The van der Waals surface area contributed by atoms with Crippen LogP contribution >= 0.6 is 0 Å². The Kier molecular flexibility index (Phi) is 2.90. The number of aliphatic hydroxyl groups is 1. The van der Waals surface area contributed by atoms with Gasteiger partial charge in [-0.2, -0.15) is 0 Å². The Labute approximate surface area is 88.4 Å². The molecule has 0 spiro atoms. The van der Waals surface area contributed by atoms with Crippen molar-refractivity contribution in [2.45, 2.75) is 31.8 Å². The van der Waals surface area contributed by atoms with Gasteiger partial charge in [0.1, 0.15) is 0 Å². The van der Waals surface area contributed by atoms with Gasteiger partial charge in [0.15, 0.2) is 0 Å². The summed E-state index contributed by atoms with van der Waals surface area (Å²) in [6.45, 7) is 0.466. The van der Waals surface area contributed by atoms with Gasteiger partial charge in [0.25, 0.3) is 0 Å². The molecule has 15 heavy (non-hydrogen) atoms. The maximum absolute atomic E-state index is 11.3. The Morgan fingerprint density at radius 2 is 2.07 bits per heavy atom. The summed E-state index contributed by atoms with van der Waals surface area (Å²) in [7, 11) is 0. The second kappa shape index (κ2) is 4.18. The van der Waals surface area contributed by atoms with Gasteiger partial charge in [0, 0.05) is 12.5 Å². The molecule has 0 aromatic rings. The number of carbonyl (C=O) groups excluding carboxylic acids is 2. The van der Waals surface area contributed by atoms with Crippen LogP contribution < -0.4 is 5.32 Å². The van der Waals surface area contributed by atoms with E-state index in [0.29, 0.717) is 6.54 Å². The number of urea groups is 1. The fourth-order valence-corrected chi connectivity index (χ4v) is 2.28. The third-order valence-corrected chi connectivity index (χ3v) is 3.22. The van der Waals surface area contributed by atoms with E-state index in [9.17, 15) is 14.7 Å². The van der Waals surface area contributed by atoms with Crippen LogP contribution in [0.5, 0.6) is 0 Å². The predicted molar refractivity (Wildman–Crippen MR) is 53.1 cm³/mol. The third kappa shape index (κ3) is 2.12. The van der Waals surface area contributed by atoms with E-state index in [1.807, 2.05) is 0 Å². The summed E-state index contributed by atoms with van der Waals surface area (Å²) in [5.74, 6) is -0.121. The molecule has 5 nitrogen and oxygen atoms in total. The number of nitrogens with zero attached hydrogens (tertiary/aromatic N) is 1. The van der Waals surface area contributed by atoms with E-state index in [1.165, 1.54) is 4.90 Å². The van der Waals surface area contributed by atoms with Gasteiger partial charge in [-0.3, -0.25) is 9.69 Å². The summed E-state index contributed by atoms with van der Waals surface area (Å²) >= 11 is 0. The first kappa shape index (κ1) is 10.4. The molecule has 2 aliphatic rings. The summed E-state index contributed by atoms with van der Waals surface area (Å²) in [5, 5.41) is 12.2. The number of aliphatic hydroxyl groups excluding tert-OH is 1. The van der Waals surface area contributed by atoms with Crippen LogP contribution in [0.15, 0.2) is 0 Å². The average Bonchev–Trinajstić information content (AvgIpc) is 2.53. The molecule has 2 rings (SSSR count). The summed E-state index contributed by atoms with van der Waals surface area (Å²) in [6, 6.07) is -0.322. The summed E-state index contributed by atoms with van der Waals surface area (Å²) in [5.41, 5.74) is 0. The molecule has 0 radical (unpaired) electrons. The van der Waals surface area contributed by atoms with E-state index in [4.69, 9.17) is 0 Å². The van der Waals surface area contributed by atoms with E-state index >= 15 is 0 Å². The van der Waals surface area contributed by atoms with Crippen LogP contribution in [0.25, 0.3) is 0 Å². The smallest absolute Gasteiger partial charge is 0.324 e. The highest BCUT2D eigenvalue weighted by Gasteiger charge is 2.33. The van der Waals surface area contributed by atoms with Gasteiger partial charge in [0.2, 0.25) is 5.91 Å². The average molecular weight is 212 g/mol. The Balaban J connectivity index is 1.95. The van der Waals surface area contributed by atoms with Gasteiger partial charge >= 0.3 is 6.03 Å². The predicted octanol–water partition coefficient (Wildman–Crippen LogP) is 0.0893. The van der Waals surface area contributed by atoms with Crippen LogP contribution in [0.3, 0.4) is 0 Å². The van der Waals surface area contributed by atoms with E-state index in [1.54, 1.807) is 0 Å². The van der Waals surface area contributed by atoms with Gasteiger partial charge in [-0.25, -0.2) is 4.79 Å². The van der Waals surface area contributed by atoms with Crippen molar-refractivity contribution >= 4 is 11.9 Å². The highest BCUT2D eigenvalue weighted by Crippen LogP contribution is 2.25. The molecule has 0 aromatic heterocycles. The quantitative estimate of drug-likeness (QED) is 0.637.